The zero-order valence-electron chi connectivity index (χ0n) is 14.9. The van der Waals surface area contributed by atoms with Gasteiger partial charge in [-0.1, -0.05) is 49.4 Å². The molecule has 4 amide bonds. The maximum absolute atomic E-state index is 12.9. The van der Waals surface area contributed by atoms with Gasteiger partial charge < -0.3 is 5.32 Å². The number of urea groups is 1. The van der Waals surface area contributed by atoms with E-state index in [9.17, 15) is 18.8 Å². The minimum absolute atomic E-state index is 0.0627. The van der Waals surface area contributed by atoms with E-state index in [1.807, 2.05) is 6.07 Å². The number of imide groups is 1. The normalized spacial score (nSPS) is 19.1. The Balaban J connectivity index is 1.68. The van der Waals surface area contributed by atoms with E-state index >= 15 is 0 Å². The minimum Gasteiger partial charge on any atom is -0.318 e. The van der Waals surface area contributed by atoms with Crippen LogP contribution >= 0.6 is 0 Å². The van der Waals surface area contributed by atoms with Crippen LogP contribution < -0.4 is 10.7 Å². The quantitative estimate of drug-likeness (QED) is 0.769. The highest BCUT2D eigenvalue weighted by Gasteiger charge is 2.52. The molecule has 1 atom stereocenters. The van der Waals surface area contributed by atoms with Crippen molar-refractivity contribution in [3.8, 4) is 0 Å². The van der Waals surface area contributed by atoms with Gasteiger partial charge in [0.2, 0.25) is 5.91 Å². The van der Waals surface area contributed by atoms with Crippen LogP contribution in [0.25, 0.3) is 0 Å². The number of hydrazine groups is 1. The lowest BCUT2D eigenvalue weighted by Crippen LogP contribution is -2.48. The van der Waals surface area contributed by atoms with E-state index in [1.165, 1.54) is 12.1 Å². The molecule has 1 heterocycles. The van der Waals surface area contributed by atoms with Crippen molar-refractivity contribution in [1.82, 2.24) is 15.8 Å². The number of carbonyl (C=O) groups excluding carboxylic acids is 3. The molecule has 1 aliphatic heterocycles. The van der Waals surface area contributed by atoms with Crippen molar-refractivity contribution in [1.29, 1.82) is 0 Å². The van der Waals surface area contributed by atoms with Crippen molar-refractivity contribution >= 4 is 17.8 Å². The molecule has 1 fully saturated rings. The van der Waals surface area contributed by atoms with Gasteiger partial charge in [0.15, 0.2) is 0 Å². The summed E-state index contributed by atoms with van der Waals surface area (Å²) in [6.07, 6.45) is 0.782. The highest BCUT2D eigenvalue weighted by Crippen LogP contribution is 2.31. The van der Waals surface area contributed by atoms with Crippen molar-refractivity contribution in [2.24, 2.45) is 0 Å². The van der Waals surface area contributed by atoms with Gasteiger partial charge >= 0.3 is 6.03 Å². The highest BCUT2D eigenvalue weighted by molar-refractivity contribution is 6.08. The monoisotopic (exact) mass is 369 g/mol. The molecular weight excluding hydrogens is 349 g/mol. The van der Waals surface area contributed by atoms with Crippen LogP contribution in [-0.2, 0) is 21.5 Å². The topological polar surface area (TPSA) is 78.5 Å². The predicted molar refractivity (Wildman–Crippen MR) is 96.7 cm³/mol. The van der Waals surface area contributed by atoms with Gasteiger partial charge in [0.25, 0.3) is 5.91 Å². The van der Waals surface area contributed by atoms with E-state index in [1.54, 1.807) is 43.3 Å². The summed E-state index contributed by atoms with van der Waals surface area (Å²) < 4.78 is 12.9. The predicted octanol–water partition coefficient (Wildman–Crippen LogP) is 2.65. The van der Waals surface area contributed by atoms with Crippen LogP contribution in [-0.4, -0.2) is 22.9 Å². The van der Waals surface area contributed by atoms with Crippen molar-refractivity contribution in [2.75, 3.05) is 0 Å². The maximum atomic E-state index is 12.9. The zero-order valence-corrected chi connectivity index (χ0v) is 14.9. The molecule has 0 unspecified atom stereocenters. The fourth-order valence-corrected chi connectivity index (χ4v) is 3.13. The SMILES string of the molecule is CC[C@]1(c2ccccc2)NC(=O)N(NC(=O)CCc2ccc(F)cc2)C1=O. The fraction of sp³-hybridized carbons (Fsp3) is 0.250. The Morgan fingerprint density at radius 3 is 2.41 bits per heavy atom. The Hall–Kier alpha value is -3.22. The van der Waals surface area contributed by atoms with Gasteiger partial charge in [0.05, 0.1) is 0 Å². The van der Waals surface area contributed by atoms with E-state index in [0.29, 0.717) is 18.4 Å². The van der Waals surface area contributed by atoms with Crippen molar-refractivity contribution in [3.63, 3.8) is 0 Å². The van der Waals surface area contributed by atoms with Crippen LogP contribution in [0.1, 0.15) is 30.9 Å². The molecule has 0 radical (unpaired) electrons. The molecule has 1 aliphatic rings. The number of hydrogen-bond donors (Lipinski definition) is 2. The van der Waals surface area contributed by atoms with E-state index in [0.717, 1.165) is 10.6 Å². The molecule has 27 heavy (non-hydrogen) atoms. The van der Waals surface area contributed by atoms with Gasteiger partial charge in [-0.2, -0.15) is 5.01 Å². The number of rotatable bonds is 6. The maximum Gasteiger partial charge on any atom is 0.344 e. The van der Waals surface area contributed by atoms with Crippen molar-refractivity contribution < 1.29 is 18.8 Å². The molecule has 0 spiro atoms. The summed E-state index contributed by atoms with van der Waals surface area (Å²) in [5, 5.41) is 3.44. The summed E-state index contributed by atoms with van der Waals surface area (Å²) in [5.74, 6) is -1.33. The first-order valence-electron chi connectivity index (χ1n) is 8.72. The second-order valence-electron chi connectivity index (χ2n) is 6.36. The molecule has 0 aromatic heterocycles. The van der Waals surface area contributed by atoms with Gasteiger partial charge in [-0.3, -0.25) is 15.0 Å². The standard InChI is InChI=1S/C20H20FN3O3/c1-2-20(15-6-4-3-5-7-15)18(26)24(19(27)22-20)23-17(25)13-10-14-8-11-16(21)12-9-14/h3-9,11-12H,2,10,13H2,1H3,(H,22,27)(H,23,25)/t20-/m1/s1. The number of nitrogens with one attached hydrogen (secondary N) is 2. The fourth-order valence-electron chi connectivity index (χ4n) is 3.13. The van der Waals surface area contributed by atoms with Crippen LogP contribution in [0.3, 0.4) is 0 Å². The summed E-state index contributed by atoms with van der Waals surface area (Å²) in [6.45, 7) is 1.80. The van der Waals surface area contributed by atoms with Gasteiger partial charge in [-0.15, -0.1) is 0 Å². The third-order valence-electron chi connectivity index (χ3n) is 4.68. The van der Waals surface area contributed by atoms with Crippen LogP contribution in [0, 0.1) is 5.82 Å². The first-order chi connectivity index (χ1) is 13.0. The molecule has 1 saturated heterocycles. The molecule has 2 aromatic carbocycles. The number of hydrogen-bond acceptors (Lipinski definition) is 3. The average Bonchev–Trinajstić information content (AvgIpc) is 2.93. The van der Waals surface area contributed by atoms with Crippen LogP contribution in [0.5, 0.6) is 0 Å². The molecule has 2 N–H and O–H groups in total. The van der Waals surface area contributed by atoms with Crippen LogP contribution in [0.15, 0.2) is 54.6 Å². The molecule has 6 nitrogen and oxygen atoms in total. The van der Waals surface area contributed by atoms with E-state index in [4.69, 9.17) is 0 Å². The zero-order chi connectivity index (χ0) is 19.4. The van der Waals surface area contributed by atoms with Gasteiger partial charge in [-0.25, -0.2) is 9.18 Å². The summed E-state index contributed by atoms with van der Waals surface area (Å²) in [7, 11) is 0. The minimum atomic E-state index is -1.19. The van der Waals surface area contributed by atoms with E-state index < -0.39 is 23.4 Å². The molecule has 3 rings (SSSR count). The molecule has 0 saturated carbocycles. The Bertz CT molecular complexity index is 855. The number of halogens is 1. The summed E-state index contributed by atoms with van der Waals surface area (Å²) >= 11 is 0. The smallest absolute Gasteiger partial charge is 0.318 e. The Morgan fingerprint density at radius 1 is 1.11 bits per heavy atom. The van der Waals surface area contributed by atoms with Gasteiger partial charge in [0.1, 0.15) is 11.4 Å². The molecule has 7 heteroatoms. The van der Waals surface area contributed by atoms with Crippen molar-refractivity contribution in [2.45, 2.75) is 31.7 Å². The summed E-state index contributed by atoms with van der Waals surface area (Å²) in [5.41, 5.74) is 2.63. The molecule has 140 valence electrons. The number of benzene rings is 2. The molecular formula is C20H20FN3O3. The lowest BCUT2D eigenvalue weighted by molar-refractivity contribution is -0.139. The first kappa shape index (κ1) is 18.6. The third-order valence-corrected chi connectivity index (χ3v) is 4.68. The first-order valence-corrected chi connectivity index (χ1v) is 8.72. The largest absolute Gasteiger partial charge is 0.344 e. The Morgan fingerprint density at radius 2 is 1.78 bits per heavy atom. The van der Waals surface area contributed by atoms with E-state index in [2.05, 4.69) is 10.7 Å². The number of amides is 4. The molecule has 0 bridgehead atoms. The van der Waals surface area contributed by atoms with Crippen LogP contribution in [0.4, 0.5) is 9.18 Å². The highest BCUT2D eigenvalue weighted by atomic mass is 19.1. The van der Waals surface area contributed by atoms with Gasteiger partial charge in [-0.05, 0) is 36.1 Å². The summed E-state index contributed by atoms with van der Waals surface area (Å²) in [6, 6.07) is 14.1. The molecule has 0 aliphatic carbocycles. The number of carbonyl (C=O) groups is 3. The second kappa shape index (κ2) is 7.57. The summed E-state index contributed by atoms with van der Waals surface area (Å²) in [4.78, 5) is 37.4. The van der Waals surface area contributed by atoms with E-state index in [-0.39, 0.29) is 12.2 Å². The Labute approximate surface area is 156 Å². The van der Waals surface area contributed by atoms with Crippen molar-refractivity contribution in [3.05, 3.63) is 71.5 Å². The Kier molecular flexibility index (Phi) is 5.21. The lowest BCUT2D eigenvalue weighted by atomic mass is 9.87. The van der Waals surface area contributed by atoms with Crippen LogP contribution in [0.2, 0.25) is 0 Å². The lowest BCUT2D eigenvalue weighted by Gasteiger charge is -2.25. The second-order valence-corrected chi connectivity index (χ2v) is 6.36. The molecule has 2 aromatic rings. The third kappa shape index (κ3) is 3.67. The number of aryl methyl sites for hydroxylation is 1. The van der Waals surface area contributed by atoms with Gasteiger partial charge in [0, 0.05) is 6.42 Å². The average molecular weight is 369 g/mol. The number of nitrogens with zero attached hydrogens (tertiary/aromatic N) is 1.